The van der Waals surface area contributed by atoms with Crippen LogP contribution in [0.3, 0.4) is 0 Å². The van der Waals surface area contributed by atoms with Crippen molar-refractivity contribution < 1.29 is 27.5 Å². The molecular weight excluding hydrogens is 487 g/mol. The molecule has 0 unspecified atom stereocenters. The normalized spacial score (nSPS) is 14.0. The number of benzene rings is 1. The first kappa shape index (κ1) is 24.3. The van der Waals surface area contributed by atoms with Crippen molar-refractivity contribution in [3.8, 4) is 0 Å². The second-order valence-electron chi connectivity index (χ2n) is 7.42. The third kappa shape index (κ3) is 6.02. The standard InChI is InChI=1S/C21H20F3N7O3S/c22-21(23,24)13-7-12(1-2-14(13)25)30-20(33)16-9-26-18(35-16)10-27-19(32)15-8-17(29-11-28-15)31-3-5-34-6-4-31/h1-2,7-9,11H,3-6,10,25H2,(H,27,32)(H,30,33). The average molecular weight is 507 g/mol. The van der Waals surface area contributed by atoms with Crippen LogP contribution >= 0.6 is 11.3 Å². The van der Waals surface area contributed by atoms with Gasteiger partial charge in [-0.3, -0.25) is 9.59 Å². The van der Waals surface area contributed by atoms with Crippen LogP contribution in [-0.4, -0.2) is 53.1 Å². The van der Waals surface area contributed by atoms with Crippen LogP contribution in [0.2, 0.25) is 0 Å². The molecule has 3 heterocycles. The Balaban J connectivity index is 1.35. The number of nitrogens with zero attached hydrogens (tertiary/aromatic N) is 4. The van der Waals surface area contributed by atoms with E-state index in [1.54, 1.807) is 6.07 Å². The number of nitrogens with two attached hydrogens (primary N) is 1. The number of thiazole rings is 1. The van der Waals surface area contributed by atoms with Gasteiger partial charge in [0.15, 0.2) is 0 Å². The van der Waals surface area contributed by atoms with Gasteiger partial charge < -0.3 is 26.0 Å². The summed E-state index contributed by atoms with van der Waals surface area (Å²) in [5.74, 6) is -0.452. The number of carbonyl (C=O) groups is 2. The molecule has 1 aliphatic heterocycles. The Morgan fingerprint density at radius 2 is 1.89 bits per heavy atom. The third-order valence-electron chi connectivity index (χ3n) is 5.01. The molecule has 3 aromatic rings. The topological polar surface area (TPSA) is 135 Å². The van der Waals surface area contributed by atoms with Crippen molar-refractivity contribution in [1.29, 1.82) is 0 Å². The van der Waals surface area contributed by atoms with Crippen LogP contribution in [0.25, 0.3) is 0 Å². The van der Waals surface area contributed by atoms with Gasteiger partial charge in [0, 0.05) is 30.5 Å². The van der Waals surface area contributed by atoms with E-state index in [4.69, 9.17) is 10.5 Å². The molecule has 2 aromatic heterocycles. The quantitative estimate of drug-likeness (QED) is 0.433. The van der Waals surface area contributed by atoms with Gasteiger partial charge in [-0.15, -0.1) is 11.3 Å². The fourth-order valence-electron chi connectivity index (χ4n) is 3.25. The number of anilines is 3. The second kappa shape index (κ2) is 10.2. The SMILES string of the molecule is Nc1ccc(NC(=O)c2cnc(CNC(=O)c3cc(N4CCOCC4)ncn3)s2)cc1C(F)(F)F. The highest BCUT2D eigenvalue weighted by Crippen LogP contribution is 2.35. The van der Waals surface area contributed by atoms with E-state index in [1.165, 1.54) is 18.6 Å². The molecule has 1 saturated heterocycles. The van der Waals surface area contributed by atoms with Crippen molar-refractivity contribution in [2.75, 3.05) is 42.3 Å². The highest BCUT2D eigenvalue weighted by atomic mass is 32.1. The average Bonchev–Trinajstić information content (AvgIpc) is 3.33. The molecule has 0 saturated carbocycles. The second-order valence-corrected chi connectivity index (χ2v) is 8.53. The van der Waals surface area contributed by atoms with Crippen LogP contribution in [0.5, 0.6) is 0 Å². The number of morpholine rings is 1. The number of aromatic nitrogens is 3. The molecule has 1 aliphatic rings. The predicted octanol–water partition coefficient (Wildman–Crippen LogP) is 2.55. The van der Waals surface area contributed by atoms with Gasteiger partial charge in [-0.25, -0.2) is 15.0 Å². The summed E-state index contributed by atoms with van der Waals surface area (Å²) in [7, 11) is 0. The van der Waals surface area contributed by atoms with E-state index in [1.807, 2.05) is 4.90 Å². The zero-order valence-corrected chi connectivity index (χ0v) is 18.9. The number of nitrogen functional groups attached to an aromatic ring is 1. The lowest BCUT2D eigenvalue weighted by Gasteiger charge is -2.27. The molecule has 0 bridgehead atoms. The molecule has 4 N–H and O–H groups in total. The van der Waals surface area contributed by atoms with Crippen molar-refractivity contribution in [1.82, 2.24) is 20.3 Å². The summed E-state index contributed by atoms with van der Waals surface area (Å²) in [6.45, 7) is 2.51. The van der Waals surface area contributed by atoms with E-state index >= 15 is 0 Å². The number of alkyl halides is 3. The van der Waals surface area contributed by atoms with Crippen molar-refractivity contribution >= 4 is 40.3 Å². The lowest BCUT2D eigenvalue weighted by molar-refractivity contribution is -0.136. The Morgan fingerprint density at radius 3 is 2.63 bits per heavy atom. The van der Waals surface area contributed by atoms with Crippen molar-refractivity contribution in [3.63, 3.8) is 0 Å². The fourth-order valence-corrected chi connectivity index (χ4v) is 4.00. The predicted molar refractivity (Wildman–Crippen MR) is 122 cm³/mol. The third-order valence-corrected chi connectivity index (χ3v) is 6.01. The maximum absolute atomic E-state index is 13.0. The zero-order valence-electron chi connectivity index (χ0n) is 18.1. The van der Waals surface area contributed by atoms with Gasteiger partial charge in [0.2, 0.25) is 0 Å². The molecular formula is C21H20F3N7O3S. The number of carbonyl (C=O) groups excluding carboxylic acids is 2. The van der Waals surface area contributed by atoms with Gasteiger partial charge in [-0.2, -0.15) is 13.2 Å². The van der Waals surface area contributed by atoms with Crippen molar-refractivity contribution in [2.45, 2.75) is 12.7 Å². The molecule has 2 amide bonds. The first-order valence-corrected chi connectivity index (χ1v) is 11.2. The van der Waals surface area contributed by atoms with Crippen LogP contribution in [0.4, 0.5) is 30.4 Å². The highest BCUT2D eigenvalue weighted by Gasteiger charge is 2.33. The summed E-state index contributed by atoms with van der Waals surface area (Å²) in [4.78, 5) is 39.4. The maximum atomic E-state index is 13.0. The summed E-state index contributed by atoms with van der Waals surface area (Å²) in [5, 5.41) is 5.51. The summed E-state index contributed by atoms with van der Waals surface area (Å²) < 4.78 is 44.4. The summed E-state index contributed by atoms with van der Waals surface area (Å²) >= 11 is 0.997. The molecule has 35 heavy (non-hydrogen) atoms. The smallest absolute Gasteiger partial charge is 0.398 e. The fraction of sp³-hybridized carbons (Fsp3) is 0.286. The van der Waals surface area contributed by atoms with E-state index in [2.05, 4.69) is 25.6 Å². The Morgan fingerprint density at radius 1 is 1.11 bits per heavy atom. The highest BCUT2D eigenvalue weighted by molar-refractivity contribution is 7.13. The summed E-state index contributed by atoms with van der Waals surface area (Å²) in [6.07, 6.45) is -2.05. The van der Waals surface area contributed by atoms with Gasteiger partial charge >= 0.3 is 6.18 Å². The summed E-state index contributed by atoms with van der Waals surface area (Å²) in [5.41, 5.74) is 4.03. The van der Waals surface area contributed by atoms with Crippen LogP contribution in [-0.2, 0) is 17.5 Å². The van der Waals surface area contributed by atoms with Crippen molar-refractivity contribution in [3.05, 3.63) is 57.9 Å². The van der Waals surface area contributed by atoms with E-state index in [0.717, 1.165) is 23.5 Å². The maximum Gasteiger partial charge on any atom is 0.418 e. The molecule has 14 heteroatoms. The van der Waals surface area contributed by atoms with Gasteiger partial charge in [-0.1, -0.05) is 0 Å². The minimum absolute atomic E-state index is 0.0355. The van der Waals surface area contributed by atoms with E-state index in [0.29, 0.717) is 37.1 Å². The molecule has 0 aliphatic carbocycles. The number of ether oxygens (including phenoxy) is 1. The lowest BCUT2D eigenvalue weighted by Crippen LogP contribution is -2.37. The number of nitrogens with one attached hydrogen (secondary N) is 2. The Bertz CT molecular complexity index is 1230. The molecule has 4 rings (SSSR count). The molecule has 0 spiro atoms. The zero-order chi connectivity index (χ0) is 25.0. The monoisotopic (exact) mass is 507 g/mol. The molecule has 10 nitrogen and oxygen atoms in total. The van der Waals surface area contributed by atoms with E-state index < -0.39 is 29.2 Å². The minimum atomic E-state index is -4.65. The van der Waals surface area contributed by atoms with Gasteiger partial charge in [-0.05, 0) is 18.2 Å². The lowest BCUT2D eigenvalue weighted by atomic mass is 10.1. The largest absolute Gasteiger partial charge is 0.418 e. The number of halogens is 3. The number of hydrogen-bond donors (Lipinski definition) is 3. The Kier molecular flexibility index (Phi) is 7.12. The first-order chi connectivity index (χ1) is 16.7. The molecule has 0 radical (unpaired) electrons. The number of hydrogen-bond acceptors (Lipinski definition) is 9. The van der Waals surface area contributed by atoms with Gasteiger partial charge in [0.25, 0.3) is 11.8 Å². The number of amides is 2. The van der Waals surface area contributed by atoms with Crippen molar-refractivity contribution in [2.24, 2.45) is 0 Å². The molecule has 0 atom stereocenters. The first-order valence-electron chi connectivity index (χ1n) is 10.4. The van der Waals surface area contributed by atoms with Crippen LogP contribution in [0, 0.1) is 0 Å². The Labute approximate surface area is 201 Å². The molecule has 1 fully saturated rings. The minimum Gasteiger partial charge on any atom is -0.398 e. The van der Waals surface area contributed by atoms with Crippen LogP contribution < -0.4 is 21.3 Å². The Hall–Kier alpha value is -3.78. The van der Waals surface area contributed by atoms with Crippen LogP contribution in [0.15, 0.2) is 36.8 Å². The summed E-state index contributed by atoms with van der Waals surface area (Å²) in [6, 6.07) is 4.70. The van der Waals surface area contributed by atoms with Gasteiger partial charge in [0.1, 0.15) is 27.7 Å². The molecule has 1 aromatic carbocycles. The molecule has 184 valence electrons. The number of rotatable bonds is 6. The van der Waals surface area contributed by atoms with E-state index in [-0.39, 0.29) is 22.8 Å². The van der Waals surface area contributed by atoms with E-state index in [9.17, 15) is 22.8 Å². The van der Waals surface area contributed by atoms with Gasteiger partial charge in [0.05, 0.1) is 31.5 Å². The van der Waals surface area contributed by atoms with Crippen LogP contribution in [0.1, 0.15) is 30.7 Å².